The van der Waals surface area contributed by atoms with Crippen LogP contribution in [0, 0.1) is 17.0 Å². The minimum Gasteiger partial charge on any atom is -0.258 e. The van der Waals surface area contributed by atoms with Gasteiger partial charge in [-0.05, 0) is 30.7 Å². The van der Waals surface area contributed by atoms with Gasteiger partial charge in [-0.25, -0.2) is 0 Å². The summed E-state index contributed by atoms with van der Waals surface area (Å²) in [6, 6.07) is 5.42. The van der Waals surface area contributed by atoms with E-state index in [2.05, 4.69) is 6.92 Å². The first-order chi connectivity index (χ1) is 7.65. The Bertz CT molecular complexity index is 366. The molecule has 0 atom stereocenters. The molecule has 0 heterocycles. The summed E-state index contributed by atoms with van der Waals surface area (Å²) in [5, 5.41) is 10.9. The molecule has 0 aliphatic rings. The third-order valence-electron chi connectivity index (χ3n) is 2.32. The van der Waals surface area contributed by atoms with E-state index in [1.165, 1.54) is 12.8 Å². The normalized spacial score (nSPS) is 10.4. The van der Waals surface area contributed by atoms with Gasteiger partial charge in [-0.3, -0.25) is 10.1 Å². The summed E-state index contributed by atoms with van der Waals surface area (Å²) < 4.78 is 0. The molecule has 0 unspecified atom stereocenters. The van der Waals surface area contributed by atoms with Crippen molar-refractivity contribution in [2.24, 2.45) is 0 Å². The number of nitro groups is 1. The van der Waals surface area contributed by atoms with Crippen LogP contribution in [0.1, 0.15) is 31.7 Å². The minimum atomic E-state index is -0.296. The fourth-order valence-electron chi connectivity index (χ4n) is 1.43. The van der Waals surface area contributed by atoms with Gasteiger partial charge in [0.1, 0.15) is 0 Å². The van der Waals surface area contributed by atoms with E-state index in [1.807, 2.05) is 19.1 Å². The monoisotopic (exact) mass is 239 g/mol. The number of hydrogen-bond donors (Lipinski definition) is 0. The van der Waals surface area contributed by atoms with Gasteiger partial charge in [-0.2, -0.15) is 0 Å². The van der Waals surface area contributed by atoms with Crippen LogP contribution < -0.4 is 0 Å². The zero-order chi connectivity index (χ0) is 12.0. The van der Waals surface area contributed by atoms with Gasteiger partial charge in [0, 0.05) is 6.07 Å². The highest BCUT2D eigenvalue weighted by molar-refractivity contribution is 7.99. The van der Waals surface area contributed by atoms with Crippen LogP contribution in [0.2, 0.25) is 0 Å². The van der Waals surface area contributed by atoms with Crippen molar-refractivity contribution in [3.05, 3.63) is 33.9 Å². The Kier molecular flexibility index (Phi) is 5.32. The quantitative estimate of drug-likeness (QED) is 0.323. The van der Waals surface area contributed by atoms with Crippen molar-refractivity contribution >= 4 is 17.4 Å². The molecular formula is C12H17NO2S. The highest BCUT2D eigenvalue weighted by atomic mass is 32.2. The molecule has 0 spiro atoms. The van der Waals surface area contributed by atoms with Crippen molar-refractivity contribution in [3.8, 4) is 0 Å². The summed E-state index contributed by atoms with van der Waals surface area (Å²) >= 11 is 1.58. The van der Waals surface area contributed by atoms with Crippen LogP contribution in [0.15, 0.2) is 23.1 Å². The van der Waals surface area contributed by atoms with Gasteiger partial charge in [0.05, 0.1) is 9.82 Å². The predicted molar refractivity (Wildman–Crippen MR) is 68.1 cm³/mol. The van der Waals surface area contributed by atoms with Gasteiger partial charge < -0.3 is 0 Å². The van der Waals surface area contributed by atoms with Crippen LogP contribution in [0.5, 0.6) is 0 Å². The third-order valence-corrected chi connectivity index (χ3v) is 3.47. The molecule has 3 nitrogen and oxygen atoms in total. The lowest BCUT2D eigenvalue weighted by atomic mass is 10.2. The van der Waals surface area contributed by atoms with E-state index in [-0.39, 0.29) is 10.6 Å². The highest BCUT2D eigenvalue weighted by Crippen LogP contribution is 2.30. The molecule has 0 radical (unpaired) electrons. The molecule has 1 aromatic carbocycles. The molecular weight excluding hydrogens is 222 g/mol. The molecule has 0 amide bonds. The van der Waals surface area contributed by atoms with Gasteiger partial charge in [0.15, 0.2) is 0 Å². The van der Waals surface area contributed by atoms with Crippen LogP contribution in [0.25, 0.3) is 0 Å². The number of aryl methyl sites for hydroxylation is 1. The zero-order valence-corrected chi connectivity index (χ0v) is 10.5. The summed E-state index contributed by atoms with van der Waals surface area (Å²) in [7, 11) is 0. The Morgan fingerprint density at radius 1 is 1.38 bits per heavy atom. The van der Waals surface area contributed by atoms with E-state index < -0.39 is 0 Å². The summed E-state index contributed by atoms with van der Waals surface area (Å²) in [5.74, 6) is 0.956. The first-order valence-corrected chi connectivity index (χ1v) is 6.51. The molecule has 0 bridgehead atoms. The second kappa shape index (κ2) is 6.53. The number of rotatable bonds is 6. The Balaban J connectivity index is 2.67. The predicted octanol–water partition coefficient (Wildman–Crippen LogP) is 4.19. The summed E-state index contributed by atoms with van der Waals surface area (Å²) in [5.41, 5.74) is 1.17. The number of benzene rings is 1. The van der Waals surface area contributed by atoms with E-state index in [9.17, 15) is 10.1 Å². The molecule has 0 fully saturated rings. The molecule has 88 valence electrons. The van der Waals surface area contributed by atoms with Crippen LogP contribution in [-0.2, 0) is 0 Å². The van der Waals surface area contributed by atoms with Crippen LogP contribution >= 0.6 is 11.8 Å². The Morgan fingerprint density at radius 2 is 2.12 bits per heavy atom. The van der Waals surface area contributed by atoms with Gasteiger partial charge in [0.25, 0.3) is 5.69 Å². The number of nitrogens with zero attached hydrogens (tertiary/aromatic N) is 1. The lowest BCUT2D eigenvalue weighted by molar-refractivity contribution is -0.387. The topological polar surface area (TPSA) is 43.1 Å². The molecule has 0 saturated heterocycles. The highest BCUT2D eigenvalue weighted by Gasteiger charge is 2.13. The zero-order valence-electron chi connectivity index (χ0n) is 9.73. The van der Waals surface area contributed by atoms with Crippen molar-refractivity contribution in [3.63, 3.8) is 0 Å². The first kappa shape index (κ1) is 13.0. The Hall–Kier alpha value is -1.03. The SMILES string of the molecule is CCCCCSc1ccc(C)cc1[N+](=O)[O-]. The van der Waals surface area contributed by atoms with E-state index in [1.54, 1.807) is 17.8 Å². The standard InChI is InChI=1S/C12H17NO2S/c1-3-4-5-8-16-12-7-6-10(2)9-11(12)13(14)15/h6-7,9H,3-5,8H2,1-2H3. The lowest BCUT2D eigenvalue weighted by Gasteiger charge is -2.03. The maximum atomic E-state index is 10.9. The first-order valence-electron chi connectivity index (χ1n) is 5.53. The largest absolute Gasteiger partial charge is 0.283 e. The molecule has 0 saturated carbocycles. The van der Waals surface area contributed by atoms with Crippen molar-refractivity contribution in [2.75, 3.05) is 5.75 Å². The van der Waals surface area contributed by atoms with E-state index in [0.717, 1.165) is 22.6 Å². The number of thioether (sulfide) groups is 1. The number of nitro benzene ring substituents is 1. The van der Waals surface area contributed by atoms with Crippen LogP contribution in [0.3, 0.4) is 0 Å². The average Bonchev–Trinajstić information content (AvgIpc) is 2.26. The Morgan fingerprint density at radius 3 is 2.75 bits per heavy atom. The number of hydrogen-bond acceptors (Lipinski definition) is 3. The van der Waals surface area contributed by atoms with Crippen LogP contribution in [-0.4, -0.2) is 10.7 Å². The summed E-state index contributed by atoms with van der Waals surface area (Å²) in [6.07, 6.45) is 3.48. The second-order valence-corrected chi connectivity index (χ2v) is 4.92. The fraction of sp³-hybridized carbons (Fsp3) is 0.500. The van der Waals surface area contributed by atoms with E-state index >= 15 is 0 Å². The molecule has 0 aliphatic carbocycles. The molecule has 0 aliphatic heterocycles. The molecule has 4 heteroatoms. The van der Waals surface area contributed by atoms with Crippen molar-refractivity contribution in [1.82, 2.24) is 0 Å². The van der Waals surface area contributed by atoms with Gasteiger partial charge in [-0.1, -0.05) is 25.8 Å². The molecule has 16 heavy (non-hydrogen) atoms. The third kappa shape index (κ3) is 3.85. The maximum absolute atomic E-state index is 10.9. The van der Waals surface area contributed by atoms with Crippen molar-refractivity contribution < 1.29 is 4.92 Å². The molecule has 0 aromatic heterocycles. The maximum Gasteiger partial charge on any atom is 0.283 e. The molecule has 0 N–H and O–H groups in total. The minimum absolute atomic E-state index is 0.237. The lowest BCUT2D eigenvalue weighted by Crippen LogP contribution is -1.92. The Labute approximate surface area is 100 Å². The number of unbranched alkanes of at least 4 members (excludes halogenated alkanes) is 2. The van der Waals surface area contributed by atoms with Crippen molar-refractivity contribution in [2.45, 2.75) is 38.0 Å². The average molecular weight is 239 g/mol. The van der Waals surface area contributed by atoms with Gasteiger partial charge >= 0.3 is 0 Å². The van der Waals surface area contributed by atoms with Gasteiger partial charge in [0.2, 0.25) is 0 Å². The molecule has 1 aromatic rings. The van der Waals surface area contributed by atoms with Crippen LogP contribution in [0.4, 0.5) is 5.69 Å². The summed E-state index contributed by atoms with van der Waals surface area (Å²) in [6.45, 7) is 4.03. The van der Waals surface area contributed by atoms with E-state index in [0.29, 0.717) is 0 Å². The van der Waals surface area contributed by atoms with E-state index in [4.69, 9.17) is 0 Å². The van der Waals surface area contributed by atoms with Crippen molar-refractivity contribution in [1.29, 1.82) is 0 Å². The molecule has 1 rings (SSSR count). The van der Waals surface area contributed by atoms with Gasteiger partial charge in [-0.15, -0.1) is 11.8 Å². The summed E-state index contributed by atoms with van der Waals surface area (Å²) in [4.78, 5) is 11.3. The second-order valence-electron chi connectivity index (χ2n) is 3.78. The fourth-order valence-corrected chi connectivity index (χ4v) is 2.44. The smallest absolute Gasteiger partial charge is 0.258 e.